The maximum absolute atomic E-state index is 6.22. The van der Waals surface area contributed by atoms with Gasteiger partial charge in [0.1, 0.15) is 0 Å². The molecule has 1 aromatic rings. The summed E-state index contributed by atoms with van der Waals surface area (Å²) in [6.07, 6.45) is 1.14. The first kappa shape index (κ1) is 14.5. The summed E-state index contributed by atoms with van der Waals surface area (Å²) >= 11 is 6.22. The van der Waals surface area contributed by atoms with E-state index in [1.807, 2.05) is 11.6 Å². The van der Waals surface area contributed by atoms with Gasteiger partial charge in [-0.1, -0.05) is 11.6 Å². The number of aryl methyl sites for hydroxylation is 2. The summed E-state index contributed by atoms with van der Waals surface area (Å²) in [5.74, 6) is 0. The van der Waals surface area contributed by atoms with E-state index < -0.39 is 0 Å². The predicted octanol–water partition coefficient (Wildman–Crippen LogP) is 1.91. The second-order valence-corrected chi connectivity index (χ2v) is 4.87. The zero-order valence-corrected chi connectivity index (χ0v) is 12.0. The van der Waals surface area contributed by atoms with Gasteiger partial charge in [-0.3, -0.25) is 4.68 Å². The third-order valence-corrected chi connectivity index (χ3v) is 3.20. The Bertz CT molecular complexity index is 347. The van der Waals surface area contributed by atoms with Crippen LogP contribution in [0.2, 0.25) is 5.02 Å². The number of hydrogen-bond acceptors (Lipinski definition) is 3. The Hall–Kier alpha value is -0.580. The normalized spacial score (nSPS) is 11.4. The Kier molecular flexibility index (Phi) is 5.95. The highest BCUT2D eigenvalue weighted by Crippen LogP contribution is 2.19. The average Bonchev–Trinajstić information content (AvgIpc) is 2.55. The quantitative estimate of drug-likeness (QED) is 0.759. The fraction of sp³-hybridized carbons (Fsp3) is 0.750. The molecule has 1 aromatic heterocycles. The fourth-order valence-corrected chi connectivity index (χ4v) is 1.97. The van der Waals surface area contributed by atoms with E-state index in [-0.39, 0.29) is 0 Å². The van der Waals surface area contributed by atoms with Crippen molar-refractivity contribution in [1.82, 2.24) is 20.0 Å². The van der Waals surface area contributed by atoms with Crippen molar-refractivity contribution in [2.24, 2.45) is 0 Å². The smallest absolute Gasteiger partial charge is 0.0860 e. The molecule has 1 heterocycles. The summed E-state index contributed by atoms with van der Waals surface area (Å²) in [6.45, 7) is 7.79. The van der Waals surface area contributed by atoms with Gasteiger partial charge in [-0.15, -0.1) is 0 Å². The molecular weight excluding hydrogens is 236 g/mol. The van der Waals surface area contributed by atoms with Gasteiger partial charge in [-0.25, -0.2) is 0 Å². The van der Waals surface area contributed by atoms with E-state index in [1.165, 1.54) is 0 Å². The van der Waals surface area contributed by atoms with E-state index >= 15 is 0 Å². The van der Waals surface area contributed by atoms with Crippen molar-refractivity contribution in [3.05, 3.63) is 16.4 Å². The predicted molar refractivity (Wildman–Crippen MR) is 72.5 cm³/mol. The van der Waals surface area contributed by atoms with Gasteiger partial charge in [0, 0.05) is 13.1 Å². The fourth-order valence-electron chi connectivity index (χ4n) is 1.76. The Morgan fingerprint density at radius 1 is 1.41 bits per heavy atom. The molecule has 0 radical (unpaired) electrons. The Morgan fingerprint density at radius 2 is 2.12 bits per heavy atom. The molecule has 0 saturated heterocycles. The number of nitrogens with zero attached hydrogens (tertiary/aromatic N) is 3. The third kappa shape index (κ3) is 4.30. The summed E-state index contributed by atoms with van der Waals surface area (Å²) in [7, 11) is 4.18. The number of aromatic nitrogens is 2. The zero-order valence-electron chi connectivity index (χ0n) is 11.3. The molecule has 0 saturated carbocycles. The molecule has 0 atom stereocenters. The van der Waals surface area contributed by atoms with Crippen LogP contribution in [-0.4, -0.2) is 41.9 Å². The van der Waals surface area contributed by atoms with Crippen LogP contribution in [0.3, 0.4) is 0 Å². The summed E-state index contributed by atoms with van der Waals surface area (Å²) in [5.41, 5.74) is 2.01. The molecule has 98 valence electrons. The molecule has 4 nitrogen and oxygen atoms in total. The number of nitrogens with one attached hydrogen (secondary N) is 1. The molecule has 17 heavy (non-hydrogen) atoms. The molecule has 0 fully saturated rings. The minimum Gasteiger partial charge on any atom is -0.311 e. The summed E-state index contributed by atoms with van der Waals surface area (Å²) in [6, 6.07) is 0. The van der Waals surface area contributed by atoms with Crippen LogP contribution in [0.15, 0.2) is 0 Å². The van der Waals surface area contributed by atoms with Crippen LogP contribution in [0.4, 0.5) is 0 Å². The van der Waals surface area contributed by atoms with Gasteiger partial charge in [-0.05, 0) is 47.5 Å². The van der Waals surface area contributed by atoms with Crippen molar-refractivity contribution in [2.75, 3.05) is 27.2 Å². The Balaban J connectivity index is 2.41. The standard InChI is InChI=1S/C12H23ClN4/c1-5-17-11(12(13)10(2)15-17)9-14-7-6-8-16(3)4/h14H,5-9H2,1-4H3. The van der Waals surface area contributed by atoms with Crippen LogP contribution in [0.25, 0.3) is 0 Å². The molecule has 0 spiro atoms. The van der Waals surface area contributed by atoms with Crippen LogP contribution in [0.5, 0.6) is 0 Å². The first-order valence-electron chi connectivity index (χ1n) is 6.13. The lowest BCUT2D eigenvalue weighted by atomic mass is 10.3. The van der Waals surface area contributed by atoms with Crippen molar-refractivity contribution in [2.45, 2.75) is 33.4 Å². The van der Waals surface area contributed by atoms with Gasteiger partial charge in [0.15, 0.2) is 0 Å². The summed E-state index contributed by atoms with van der Waals surface area (Å²) in [5, 5.41) is 8.60. The highest BCUT2D eigenvalue weighted by atomic mass is 35.5. The van der Waals surface area contributed by atoms with E-state index in [0.29, 0.717) is 0 Å². The summed E-state index contributed by atoms with van der Waals surface area (Å²) in [4.78, 5) is 2.19. The first-order chi connectivity index (χ1) is 8.06. The van der Waals surface area contributed by atoms with E-state index in [4.69, 9.17) is 11.6 Å². The van der Waals surface area contributed by atoms with Crippen LogP contribution < -0.4 is 5.32 Å². The van der Waals surface area contributed by atoms with Crippen molar-refractivity contribution < 1.29 is 0 Å². The van der Waals surface area contributed by atoms with E-state index in [9.17, 15) is 0 Å². The number of hydrogen-bond donors (Lipinski definition) is 1. The van der Waals surface area contributed by atoms with Crippen LogP contribution in [-0.2, 0) is 13.1 Å². The highest BCUT2D eigenvalue weighted by molar-refractivity contribution is 6.31. The first-order valence-corrected chi connectivity index (χ1v) is 6.51. The van der Waals surface area contributed by atoms with Gasteiger partial charge < -0.3 is 10.2 Å². The van der Waals surface area contributed by atoms with Crippen molar-refractivity contribution in [1.29, 1.82) is 0 Å². The van der Waals surface area contributed by atoms with Crippen molar-refractivity contribution >= 4 is 11.6 Å². The molecule has 1 N–H and O–H groups in total. The van der Waals surface area contributed by atoms with Crippen LogP contribution in [0, 0.1) is 6.92 Å². The molecule has 0 unspecified atom stereocenters. The SMILES string of the molecule is CCn1nc(C)c(Cl)c1CNCCCN(C)C. The molecule has 0 aliphatic rings. The Labute approximate surface area is 109 Å². The molecule has 1 rings (SSSR count). The lowest BCUT2D eigenvalue weighted by Crippen LogP contribution is -2.22. The minimum absolute atomic E-state index is 0.793. The van der Waals surface area contributed by atoms with Crippen molar-refractivity contribution in [3.8, 4) is 0 Å². The largest absolute Gasteiger partial charge is 0.311 e. The number of rotatable bonds is 7. The van der Waals surface area contributed by atoms with Crippen LogP contribution >= 0.6 is 11.6 Å². The van der Waals surface area contributed by atoms with Gasteiger partial charge in [0.2, 0.25) is 0 Å². The van der Waals surface area contributed by atoms with E-state index in [2.05, 4.69) is 36.3 Å². The van der Waals surface area contributed by atoms with Gasteiger partial charge in [0.05, 0.1) is 16.4 Å². The van der Waals surface area contributed by atoms with Gasteiger partial charge in [0.25, 0.3) is 0 Å². The lowest BCUT2D eigenvalue weighted by Gasteiger charge is -2.10. The molecule has 0 aliphatic carbocycles. The maximum Gasteiger partial charge on any atom is 0.0860 e. The third-order valence-electron chi connectivity index (χ3n) is 2.70. The maximum atomic E-state index is 6.22. The highest BCUT2D eigenvalue weighted by Gasteiger charge is 2.11. The lowest BCUT2D eigenvalue weighted by molar-refractivity contribution is 0.393. The van der Waals surface area contributed by atoms with Crippen molar-refractivity contribution in [3.63, 3.8) is 0 Å². The van der Waals surface area contributed by atoms with E-state index in [1.54, 1.807) is 0 Å². The molecule has 0 aromatic carbocycles. The van der Waals surface area contributed by atoms with Crippen LogP contribution in [0.1, 0.15) is 24.7 Å². The average molecular weight is 259 g/mol. The topological polar surface area (TPSA) is 33.1 Å². The molecular formula is C12H23ClN4. The minimum atomic E-state index is 0.793. The number of halogens is 1. The molecule has 0 aliphatic heterocycles. The van der Waals surface area contributed by atoms with E-state index in [0.717, 1.165) is 49.0 Å². The molecule has 0 bridgehead atoms. The monoisotopic (exact) mass is 258 g/mol. The van der Waals surface area contributed by atoms with Gasteiger partial charge in [-0.2, -0.15) is 5.10 Å². The van der Waals surface area contributed by atoms with Gasteiger partial charge >= 0.3 is 0 Å². The second-order valence-electron chi connectivity index (χ2n) is 4.50. The molecule has 0 amide bonds. The second kappa shape index (κ2) is 6.99. The summed E-state index contributed by atoms with van der Waals surface area (Å²) < 4.78 is 1.97. The zero-order chi connectivity index (χ0) is 12.8. The molecule has 5 heteroatoms. The Morgan fingerprint density at radius 3 is 2.71 bits per heavy atom.